The quantitative estimate of drug-likeness (QED) is 0.734. The van der Waals surface area contributed by atoms with Gasteiger partial charge in [0.15, 0.2) is 10.7 Å². The van der Waals surface area contributed by atoms with Crippen LogP contribution in [0.15, 0.2) is 22.7 Å². The largest absolute Gasteiger partial charge is 0.355 e. The Morgan fingerprint density at radius 1 is 1.50 bits per heavy atom. The highest BCUT2D eigenvalue weighted by atomic mass is 35.5. The second-order valence-electron chi connectivity index (χ2n) is 2.51. The molecule has 1 heterocycles. The highest BCUT2D eigenvalue weighted by molar-refractivity contribution is 6.34. The third-order valence-corrected chi connectivity index (χ3v) is 2.00. The molecule has 0 atom stereocenters. The maximum atomic E-state index is 5.73. The van der Waals surface area contributed by atoms with E-state index >= 15 is 0 Å². The first-order valence-electron chi connectivity index (χ1n) is 3.55. The van der Waals surface area contributed by atoms with E-state index in [1.165, 1.54) is 0 Å². The molecule has 0 radical (unpaired) electrons. The van der Waals surface area contributed by atoms with E-state index < -0.39 is 0 Å². The lowest BCUT2D eigenvalue weighted by molar-refractivity contribution is 0.456. The minimum absolute atomic E-state index is 0.397. The molecule has 3 nitrogen and oxygen atoms in total. The Labute approximate surface area is 74.1 Å². The molecule has 1 aromatic heterocycles. The summed E-state index contributed by atoms with van der Waals surface area (Å²) in [7, 11) is 0. The summed E-state index contributed by atoms with van der Waals surface area (Å²) in [6.07, 6.45) is 0. The Bertz CT molecular complexity index is 410. The summed E-state index contributed by atoms with van der Waals surface area (Å²) in [4.78, 5) is 0. The van der Waals surface area contributed by atoms with Gasteiger partial charge in [0, 0.05) is 6.54 Å². The molecule has 0 bridgehead atoms. The monoisotopic (exact) mass is 182 g/mol. The Morgan fingerprint density at radius 3 is 3.08 bits per heavy atom. The van der Waals surface area contributed by atoms with Crippen molar-refractivity contribution >= 4 is 22.6 Å². The summed E-state index contributed by atoms with van der Waals surface area (Å²) < 4.78 is 4.95. The van der Waals surface area contributed by atoms with Crippen LogP contribution in [-0.2, 0) is 6.54 Å². The topological polar surface area (TPSA) is 52.0 Å². The highest BCUT2D eigenvalue weighted by Gasteiger charge is 2.04. The lowest BCUT2D eigenvalue weighted by Crippen LogP contribution is -1.94. The first-order chi connectivity index (χ1) is 5.81. The molecule has 12 heavy (non-hydrogen) atoms. The Balaban J connectivity index is 2.69. The van der Waals surface area contributed by atoms with Crippen molar-refractivity contribution in [1.82, 2.24) is 5.16 Å². The van der Waals surface area contributed by atoms with E-state index in [0.717, 1.165) is 10.9 Å². The molecule has 62 valence electrons. The molecule has 0 amide bonds. The molecule has 0 saturated carbocycles. The molecule has 0 aliphatic rings. The van der Waals surface area contributed by atoms with Crippen LogP contribution in [0.2, 0.25) is 5.15 Å². The van der Waals surface area contributed by atoms with Crippen molar-refractivity contribution in [1.29, 1.82) is 0 Å². The average Bonchev–Trinajstić information content (AvgIpc) is 2.47. The number of nitrogens with two attached hydrogens (primary N) is 1. The van der Waals surface area contributed by atoms with Crippen LogP contribution in [-0.4, -0.2) is 5.16 Å². The third-order valence-electron chi connectivity index (χ3n) is 1.73. The van der Waals surface area contributed by atoms with E-state index in [1.807, 2.05) is 18.2 Å². The first-order valence-corrected chi connectivity index (χ1v) is 3.93. The average molecular weight is 183 g/mol. The van der Waals surface area contributed by atoms with Gasteiger partial charge in [0.25, 0.3) is 0 Å². The van der Waals surface area contributed by atoms with Gasteiger partial charge in [0.1, 0.15) is 0 Å². The number of hydrogen-bond donors (Lipinski definition) is 1. The number of rotatable bonds is 1. The second-order valence-corrected chi connectivity index (χ2v) is 2.87. The van der Waals surface area contributed by atoms with E-state index in [2.05, 4.69) is 5.16 Å². The smallest absolute Gasteiger partial charge is 0.179 e. The summed E-state index contributed by atoms with van der Waals surface area (Å²) in [5, 5.41) is 4.85. The molecule has 0 unspecified atom stereocenters. The van der Waals surface area contributed by atoms with Gasteiger partial charge in [-0.25, -0.2) is 0 Å². The summed E-state index contributed by atoms with van der Waals surface area (Å²) in [5.41, 5.74) is 7.15. The Morgan fingerprint density at radius 2 is 2.33 bits per heavy atom. The molecule has 0 fully saturated rings. The number of nitrogens with zero attached hydrogens (tertiary/aromatic N) is 1. The molecule has 2 aromatic rings. The summed E-state index contributed by atoms with van der Waals surface area (Å²) in [5.74, 6) is 0. The van der Waals surface area contributed by atoms with Crippen LogP contribution in [0.1, 0.15) is 5.56 Å². The fourth-order valence-corrected chi connectivity index (χ4v) is 1.27. The lowest BCUT2D eigenvalue weighted by Gasteiger charge is -1.93. The Kier molecular flexibility index (Phi) is 1.75. The highest BCUT2D eigenvalue weighted by Crippen LogP contribution is 2.22. The van der Waals surface area contributed by atoms with Crippen LogP contribution in [0.3, 0.4) is 0 Å². The lowest BCUT2D eigenvalue weighted by atomic mass is 10.2. The summed E-state index contributed by atoms with van der Waals surface area (Å²) in [6, 6.07) is 5.61. The van der Waals surface area contributed by atoms with E-state index in [-0.39, 0.29) is 0 Å². The molecule has 2 rings (SSSR count). The summed E-state index contributed by atoms with van der Waals surface area (Å²) in [6.45, 7) is 0.494. The number of hydrogen-bond acceptors (Lipinski definition) is 3. The van der Waals surface area contributed by atoms with Crippen molar-refractivity contribution in [2.45, 2.75) is 6.54 Å². The van der Waals surface area contributed by atoms with Gasteiger partial charge >= 0.3 is 0 Å². The maximum Gasteiger partial charge on any atom is 0.179 e. The van der Waals surface area contributed by atoms with E-state index in [9.17, 15) is 0 Å². The normalized spacial score (nSPS) is 10.8. The van der Waals surface area contributed by atoms with Gasteiger partial charge in [0.05, 0.1) is 5.39 Å². The van der Waals surface area contributed by atoms with Crippen molar-refractivity contribution in [3.8, 4) is 0 Å². The van der Waals surface area contributed by atoms with Crippen LogP contribution in [0, 0.1) is 0 Å². The maximum absolute atomic E-state index is 5.73. The van der Waals surface area contributed by atoms with Crippen molar-refractivity contribution in [3.63, 3.8) is 0 Å². The molecular weight excluding hydrogens is 176 g/mol. The van der Waals surface area contributed by atoms with Gasteiger partial charge in [-0.3, -0.25) is 0 Å². The SMILES string of the molecule is NCc1ccc2c(Cl)noc2c1. The van der Waals surface area contributed by atoms with Gasteiger partial charge in [-0.1, -0.05) is 22.8 Å². The van der Waals surface area contributed by atoms with Gasteiger partial charge < -0.3 is 10.3 Å². The van der Waals surface area contributed by atoms with Crippen molar-refractivity contribution in [2.75, 3.05) is 0 Å². The van der Waals surface area contributed by atoms with Crippen LogP contribution in [0.4, 0.5) is 0 Å². The van der Waals surface area contributed by atoms with Crippen molar-refractivity contribution in [3.05, 3.63) is 28.9 Å². The van der Waals surface area contributed by atoms with Gasteiger partial charge in [-0.15, -0.1) is 0 Å². The zero-order valence-corrected chi connectivity index (χ0v) is 7.01. The predicted octanol–water partition coefficient (Wildman–Crippen LogP) is 1.94. The number of fused-ring (bicyclic) bond motifs is 1. The van der Waals surface area contributed by atoms with Crippen LogP contribution in [0.5, 0.6) is 0 Å². The Hall–Kier alpha value is -1.06. The molecular formula is C8H7ClN2O. The zero-order chi connectivity index (χ0) is 8.55. The predicted molar refractivity (Wildman–Crippen MR) is 46.9 cm³/mol. The fourth-order valence-electron chi connectivity index (χ4n) is 1.08. The van der Waals surface area contributed by atoms with E-state index in [4.69, 9.17) is 21.9 Å². The van der Waals surface area contributed by atoms with Crippen LogP contribution in [0.25, 0.3) is 11.0 Å². The van der Waals surface area contributed by atoms with Gasteiger partial charge in [-0.05, 0) is 17.7 Å². The standard InChI is InChI=1S/C8H7ClN2O/c9-8-6-2-1-5(4-10)3-7(6)12-11-8/h1-3H,4,10H2. The minimum Gasteiger partial charge on any atom is -0.355 e. The van der Waals surface area contributed by atoms with Gasteiger partial charge in [0.2, 0.25) is 0 Å². The number of aromatic nitrogens is 1. The molecule has 0 saturated heterocycles. The van der Waals surface area contributed by atoms with Crippen molar-refractivity contribution < 1.29 is 4.52 Å². The number of halogens is 1. The first kappa shape index (κ1) is 7.58. The molecule has 4 heteroatoms. The van der Waals surface area contributed by atoms with Crippen LogP contribution < -0.4 is 5.73 Å². The van der Waals surface area contributed by atoms with E-state index in [0.29, 0.717) is 17.3 Å². The molecule has 2 N–H and O–H groups in total. The second kappa shape index (κ2) is 2.77. The third kappa shape index (κ3) is 1.07. The fraction of sp³-hybridized carbons (Fsp3) is 0.125. The van der Waals surface area contributed by atoms with E-state index in [1.54, 1.807) is 0 Å². The molecule has 1 aromatic carbocycles. The van der Waals surface area contributed by atoms with Crippen LogP contribution >= 0.6 is 11.6 Å². The van der Waals surface area contributed by atoms with Gasteiger partial charge in [-0.2, -0.15) is 0 Å². The van der Waals surface area contributed by atoms with Crippen molar-refractivity contribution in [2.24, 2.45) is 5.73 Å². The summed E-state index contributed by atoms with van der Waals surface area (Å²) >= 11 is 5.73. The minimum atomic E-state index is 0.397. The number of benzene rings is 1. The molecule has 0 aliphatic heterocycles. The molecule has 0 spiro atoms. The zero-order valence-electron chi connectivity index (χ0n) is 6.25. The molecule has 0 aliphatic carbocycles.